The Morgan fingerprint density at radius 2 is 1.77 bits per heavy atom. The standard InChI is InChI=1S/C23H24BrN3O2S/c1-29-19-11-9-18(10-12-19)25-20(28)15-30-22-21(16-5-7-17(24)8-6-16)26-23(27-22)13-3-2-4-14-23/h5-12H,2-4,13-15H2,1H3,(H,25,28). The van der Waals surface area contributed by atoms with Crippen molar-refractivity contribution in [2.75, 3.05) is 18.2 Å². The Morgan fingerprint density at radius 3 is 2.43 bits per heavy atom. The predicted octanol–water partition coefficient (Wildman–Crippen LogP) is 5.69. The Balaban J connectivity index is 1.47. The lowest BCUT2D eigenvalue weighted by molar-refractivity contribution is -0.113. The van der Waals surface area contributed by atoms with Gasteiger partial charge in [-0.25, -0.2) is 4.99 Å². The number of aliphatic imine (C=N–C) groups is 2. The Kier molecular flexibility index (Phi) is 6.58. The van der Waals surface area contributed by atoms with Gasteiger partial charge in [0.05, 0.1) is 18.6 Å². The normalized spacial score (nSPS) is 17.4. The van der Waals surface area contributed by atoms with Crippen LogP contribution in [0.25, 0.3) is 0 Å². The largest absolute Gasteiger partial charge is 0.497 e. The monoisotopic (exact) mass is 485 g/mol. The van der Waals surface area contributed by atoms with Crippen LogP contribution in [0.2, 0.25) is 0 Å². The molecule has 0 radical (unpaired) electrons. The van der Waals surface area contributed by atoms with E-state index in [1.54, 1.807) is 7.11 Å². The predicted molar refractivity (Wildman–Crippen MR) is 128 cm³/mol. The number of carbonyl (C=O) groups excluding carboxylic acids is 1. The molecule has 1 N–H and O–H groups in total. The topological polar surface area (TPSA) is 63.0 Å². The van der Waals surface area contributed by atoms with Crippen molar-refractivity contribution in [2.45, 2.75) is 37.8 Å². The number of anilines is 1. The molecule has 1 saturated carbocycles. The van der Waals surface area contributed by atoms with Gasteiger partial charge in [-0.1, -0.05) is 46.2 Å². The highest BCUT2D eigenvalue weighted by atomic mass is 79.9. The molecule has 0 atom stereocenters. The van der Waals surface area contributed by atoms with Gasteiger partial charge in [-0.05, 0) is 62.1 Å². The number of hydrogen-bond donors (Lipinski definition) is 1. The molecule has 156 valence electrons. The Labute approximate surface area is 189 Å². The van der Waals surface area contributed by atoms with Gasteiger partial charge in [0.15, 0.2) is 5.66 Å². The molecule has 1 heterocycles. The lowest BCUT2D eigenvalue weighted by Crippen LogP contribution is -2.25. The lowest BCUT2D eigenvalue weighted by atomic mass is 9.90. The maximum Gasteiger partial charge on any atom is 0.234 e. The molecular weight excluding hydrogens is 462 g/mol. The number of methoxy groups -OCH3 is 1. The molecule has 0 bridgehead atoms. The maximum atomic E-state index is 12.5. The Hall–Kier alpha value is -2.12. The Bertz CT molecular complexity index is 965. The van der Waals surface area contributed by atoms with Crippen LogP contribution in [0.5, 0.6) is 5.75 Å². The number of rotatable bonds is 5. The van der Waals surface area contributed by atoms with E-state index in [0.717, 1.165) is 57.9 Å². The third kappa shape index (κ3) is 4.95. The van der Waals surface area contributed by atoms with Crippen molar-refractivity contribution in [3.63, 3.8) is 0 Å². The van der Waals surface area contributed by atoms with E-state index in [0.29, 0.717) is 0 Å². The summed E-state index contributed by atoms with van der Waals surface area (Å²) < 4.78 is 6.19. The van der Waals surface area contributed by atoms with E-state index in [1.165, 1.54) is 18.2 Å². The molecule has 4 rings (SSSR count). The van der Waals surface area contributed by atoms with Gasteiger partial charge < -0.3 is 10.1 Å². The number of benzene rings is 2. The van der Waals surface area contributed by atoms with Crippen LogP contribution in [-0.2, 0) is 4.79 Å². The van der Waals surface area contributed by atoms with Crippen molar-refractivity contribution >= 4 is 50.0 Å². The van der Waals surface area contributed by atoms with Crippen LogP contribution >= 0.6 is 27.7 Å². The third-order valence-electron chi connectivity index (χ3n) is 5.32. The van der Waals surface area contributed by atoms with Gasteiger partial charge in [0, 0.05) is 15.7 Å². The van der Waals surface area contributed by atoms with Gasteiger partial charge in [-0.2, -0.15) is 0 Å². The number of halogens is 1. The molecule has 1 fully saturated rings. The van der Waals surface area contributed by atoms with Gasteiger partial charge >= 0.3 is 0 Å². The van der Waals surface area contributed by atoms with Crippen molar-refractivity contribution < 1.29 is 9.53 Å². The van der Waals surface area contributed by atoms with Gasteiger partial charge in [-0.15, -0.1) is 0 Å². The molecular formula is C23H24BrN3O2S. The third-order valence-corrected chi connectivity index (χ3v) is 6.81. The highest BCUT2D eigenvalue weighted by Crippen LogP contribution is 2.38. The summed E-state index contributed by atoms with van der Waals surface area (Å²) in [6, 6.07) is 15.5. The van der Waals surface area contributed by atoms with Crippen molar-refractivity contribution in [1.29, 1.82) is 0 Å². The Morgan fingerprint density at radius 1 is 1.07 bits per heavy atom. The first-order valence-corrected chi connectivity index (χ1v) is 11.9. The minimum Gasteiger partial charge on any atom is -0.497 e. The van der Waals surface area contributed by atoms with E-state index >= 15 is 0 Å². The SMILES string of the molecule is COc1ccc(NC(=O)CSC2=NC3(CCCCC3)N=C2c2ccc(Br)cc2)cc1. The van der Waals surface area contributed by atoms with Crippen LogP contribution in [0.1, 0.15) is 37.7 Å². The van der Waals surface area contributed by atoms with Crippen LogP contribution in [-0.4, -0.2) is 35.2 Å². The van der Waals surface area contributed by atoms with Gasteiger partial charge in [0.25, 0.3) is 0 Å². The lowest BCUT2D eigenvalue weighted by Gasteiger charge is -2.27. The van der Waals surface area contributed by atoms with Gasteiger partial charge in [0.2, 0.25) is 5.91 Å². The summed E-state index contributed by atoms with van der Waals surface area (Å²) in [6.45, 7) is 0. The van der Waals surface area contributed by atoms with Gasteiger partial charge in [0.1, 0.15) is 10.8 Å². The number of nitrogens with zero attached hydrogens (tertiary/aromatic N) is 2. The first kappa shape index (κ1) is 21.1. The average Bonchev–Trinajstić information content (AvgIpc) is 3.11. The zero-order chi connectivity index (χ0) is 21.0. The quantitative estimate of drug-likeness (QED) is 0.591. The van der Waals surface area contributed by atoms with Crippen LogP contribution in [0, 0.1) is 0 Å². The number of carbonyl (C=O) groups is 1. The molecule has 0 unspecified atom stereocenters. The minimum absolute atomic E-state index is 0.0624. The zero-order valence-electron chi connectivity index (χ0n) is 16.9. The highest BCUT2D eigenvalue weighted by molar-refractivity contribution is 9.10. The number of thioether (sulfide) groups is 1. The fourth-order valence-electron chi connectivity index (χ4n) is 3.77. The van der Waals surface area contributed by atoms with Crippen LogP contribution in [0.3, 0.4) is 0 Å². The average molecular weight is 486 g/mol. The molecule has 0 saturated heterocycles. The van der Waals surface area contributed by atoms with Crippen molar-refractivity contribution in [2.24, 2.45) is 9.98 Å². The molecule has 0 aromatic heterocycles. The molecule has 2 aromatic carbocycles. The molecule has 7 heteroatoms. The summed E-state index contributed by atoms with van der Waals surface area (Å²) in [5.74, 6) is 0.986. The van der Waals surface area contributed by atoms with E-state index in [9.17, 15) is 4.79 Å². The first-order chi connectivity index (χ1) is 14.6. The van der Waals surface area contributed by atoms with Crippen molar-refractivity contribution in [3.05, 3.63) is 58.6 Å². The van der Waals surface area contributed by atoms with Crippen LogP contribution in [0.4, 0.5) is 5.69 Å². The number of nitrogens with one attached hydrogen (secondary N) is 1. The van der Waals surface area contributed by atoms with Gasteiger partial charge in [-0.3, -0.25) is 9.79 Å². The summed E-state index contributed by atoms with van der Waals surface area (Å²) in [5.41, 5.74) is 2.37. The van der Waals surface area contributed by atoms with E-state index in [1.807, 2.05) is 36.4 Å². The minimum atomic E-state index is -0.338. The zero-order valence-corrected chi connectivity index (χ0v) is 19.3. The maximum absolute atomic E-state index is 12.5. The fraction of sp³-hybridized carbons (Fsp3) is 0.348. The van der Waals surface area contributed by atoms with E-state index in [2.05, 4.69) is 33.4 Å². The molecule has 5 nitrogen and oxygen atoms in total. The second kappa shape index (κ2) is 9.35. The second-order valence-corrected chi connectivity index (χ2v) is 9.37. The smallest absolute Gasteiger partial charge is 0.234 e. The first-order valence-electron chi connectivity index (χ1n) is 10.1. The summed E-state index contributed by atoms with van der Waals surface area (Å²) in [4.78, 5) is 22.6. The van der Waals surface area contributed by atoms with E-state index in [4.69, 9.17) is 14.7 Å². The molecule has 1 spiro atoms. The van der Waals surface area contributed by atoms with Crippen LogP contribution < -0.4 is 10.1 Å². The fourth-order valence-corrected chi connectivity index (χ4v) is 4.91. The van der Waals surface area contributed by atoms with Crippen molar-refractivity contribution in [3.8, 4) is 5.75 Å². The number of hydrogen-bond acceptors (Lipinski definition) is 5. The molecule has 1 aliphatic heterocycles. The van der Waals surface area contributed by atoms with Crippen molar-refractivity contribution in [1.82, 2.24) is 0 Å². The molecule has 2 aliphatic rings. The van der Waals surface area contributed by atoms with E-state index in [-0.39, 0.29) is 17.3 Å². The second-order valence-electron chi connectivity index (χ2n) is 7.49. The number of amides is 1. The van der Waals surface area contributed by atoms with E-state index < -0.39 is 0 Å². The summed E-state index contributed by atoms with van der Waals surface area (Å²) >= 11 is 4.96. The molecule has 1 amide bonds. The summed E-state index contributed by atoms with van der Waals surface area (Å²) in [5, 5.41) is 3.80. The molecule has 30 heavy (non-hydrogen) atoms. The van der Waals surface area contributed by atoms with Crippen LogP contribution in [0.15, 0.2) is 63.0 Å². The molecule has 2 aromatic rings. The number of ether oxygens (including phenoxy) is 1. The summed E-state index contributed by atoms with van der Waals surface area (Å²) in [6.07, 6.45) is 5.50. The molecule has 1 aliphatic carbocycles. The summed E-state index contributed by atoms with van der Waals surface area (Å²) in [7, 11) is 1.62. The highest BCUT2D eigenvalue weighted by Gasteiger charge is 2.37.